The number of hydrogen-bond acceptors (Lipinski definition) is 1. The Morgan fingerprint density at radius 3 is 1.55 bits per heavy atom. The van der Waals surface area contributed by atoms with Gasteiger partial charge in [0.1, 0.15) is 0 Å². The van der Waals surface area contributed by atoms with Crippen molar-refractivity contribution < 1.29 is 0 Å². The molecule has 1 N–H and O–H groups in total. The van der Waals surface area contributed by atoms with Crippen molar-refractivity contribution in [3.8, 4) is 11.1 Å². The van der Waals surface area contributed by atoms with Gasteiger partial charge in [-0.1, -0.05) is 109 Å². The smallest absolute Gasteiger partial charge is 0.0470 e. The molecule has 0 aromatic heterocycles. The second kappa shape index (κ2) is 7.30. The zero-order valence-electron chi connectivity index (χ0n) is 17.0. The highest BCUT2D eigenvalue weighted by atomic mass is 14.9. The molecule has 1 heteroatoms. The molecule has 0 heterocycles. The lowest BCUT2D eigenvalue weighted by molar-refractivity contribution is 1.55. The van der Waals surface area contributed by atoms with Crippen LogP contribution < -0.4 is 5.32 Å². The first-order valence-electron chi connectivity index (χ1n) is 10.6. The third-order valence-corrected chi connectivity index (χ3v) is 6.05. The molecule has 146 valence electrons. The molecule has 6 aromatic carbocycles. The average Bonchev–Trinajstić information content (AvgIpc) is 2.85. The molecule has 0 atom stereocenters. The summed E-state index contributed by atoms with van der Waals surface area (Å²) in [6, 6.07) is 43.1. The topological polar surface area (TPSA) is 12.0 Å². The van der Waals surface area contributed by atoms with Gasteiger partial charge in [0.15, 0.2) is 0 Å². The number of fused-ring (bicyclic) bond motifs is 6. The fraction of sp³-hybridized carbons (Fsp3) is 0. The maximum atomic E-state index is 3.77. The Kier molecular flexibility index (Phi) is 4.18. The van der Waals surface area contributed by atoms with Gasteiger partial charge in [-0.05, 0) is 44.6 Å². The van der Waals surface area contributed by atoms with Gasteiger partial charge < -0.3 is 5.32 Å². The highest BCUT2D eigenvalue weighted by molar-refractivity contribution is 6.28. The van der Waals surface area contributed by atoms with Crippen LogP contribution in [-0.2, 0) is 0 Å². The number of rotatable bonds is 3. The molecule has 0 unspecified atom stereocenters. The summed E-state index contributed by atoms with van der Waals surface area (Å²) in [4.78, 5) is 0. The number of hydrogen-bond donors (Lipinski definition) is 1. The van der Waals surface area contributed by atoms with Crippen LogP contribution in [-0.4, -0.2) is 0 Å². The number of benzene rings is 6. The normalized spacial score (nSPS) is 11.2. The molecule has 0 bridgehead atoms. The van der Waals surface area contributed by atoms with Gasteiger partial charge in [-0.15, -0.1) is 0 Å². The van der Waals surface area contributed by atoms with Crippen LogP contribution >= 0.6 is 0 Å². The highest BCUT2D eigenvalue weighted by Crippen LogP contribution is 2.40. The van der Waals surface area contributed by atoms with Gasteiger partial charge in [0.05, 0.1) is 0 Å². The lowest BCUT2D eigenvalue weighted by atomic mass is 9.93. The number of anilines is 2. The van der Waals surface area contributed by atoms with Gasteiger partial charge in [0.25, 0.3) is 0 Å². The maximum absolute atomic E-state index is 3.77. The molecule has 0 aliphatic heterocycles. The molecule has 0 fully saturated rings. The Morgan fingerprint density at radius 2 is 0.839 bits per heavy atom. The molecule has 0 amide bonds. The largest absolute Gasteiger partial charge is 0.354 e. The van der Waals surface area contributed by atoms with Crippen LogP contribution in [0.4, 0.5) is 11.4 Å². The minimum absolute atomic E-state index is 1.11. The van der Waals surface area contributed by atoms with Gasteiger partial charge >= 0.3 is 0 Å². The highest BCUT2D eigenvalue weighted by Gasteiger charge is 2.12. The van der Waals surface area contributed by atoms with Gasteiger partial charge in [-0.25, -0.2) is 0 Å². The lowest BCUT2D eigenvalue weighted by Gasteiger charge is -2.17. The lowest BCUT2D eigenvalue weighted by Crippen LogP contribution is -1.95. The molecule has 0 saturated heterocycles. The summed E-state index contributed by atoms with van der Waals surface area (Å²) in [5.74, 6) is 0. The number of para-hydroxylation sites is 1. The van der Waals surface area contributed by atoms with E-state index in [1.54, 1.807) is 0 Å². The summed E-state index contributed by atoms with van der Waals surface area (Å²) in [7, 11) is 0. The van der Waals surface area contributed by atoms with Crippen molar-refractivity contribution in [2.75, 3.05) is 5.32 Å². The van der Waals surface area contributed by atoms with Crippen LogP contribution in [0, 0.1) is 0 Å². The first-order chi connectivity index (χ1) is 15.4. The molecule has 6 rings (SSSR count). The van der Waals surface area contributed by atoms with Crippen molar-refractivity contribution in [3.05, 3.63) is 121 Å². The Morgan fingerprint density at radius 1 is 0.355 bits per heavy atom. The Balaban J connectivity index is 1.63. The monoisotopic (exact) mass is 395 g/mol. The molecule has 0 spiro atoms. The van der Waals surface area contributed by atoms with Crippen LogP contribution in [0.1, 0.15) is 0 Å². The molecule has 0 saturated carbocycles. The second-order valence-electron chi connectivity index (χ2n) is 7.86. The van der Waals surface area contributed by atoms with Crippen LogP contribution in [0.3, 0.4) is 0 Å². The van der Waals surface area contributed by atoms with E-state index in [-0.39, 0.29) is 0 Å². The Hall–Kier alpha value is -4.10. The summed E-state index contributed by atoms with van der Waals surface area (Å²) in [5, 5.41) is 11.5. The van der Waals surface area contributed by atoms with Crippen molar-refractivity contribution in [3.63, 3.8) is 0 Å². The first kappa shape index (κ1) is 17.7. The maximum Gasteiger partial charge on any atom is 0.0470 e. The van der Waals surface area contributed by atoms with Crippen molar-refractivity contribution >= 4 is 43.7 Å². The predicted octanol–water partition coefficient (Wildman–Crippen LogP) is 8.56. The molecule has 0 radical (unpaired) electrons. The Labute approximate surface area is 181 Å². The van der Waals surface area contributed by atoms with Crippen LogP contribution in [0.2, 0.25) is 0 Å². The fourth-order valence-electron chi connectivity index (χ4n) is 4.67. The van der Waals surface area contributed by atoms with E-state index in [9.17, 15) is 0 Å². The predicted molar refractivity (Wildman–Crippen MR) is 134 cm³/mol. The zero-order chi connectivity index (χ0) is 20.6. The van der Waals surface area contributed by atoms with E-state index in [2.05, 4.69) is 127 Å². The summed E-state index contributed by atoms with van der Waals surface area (Å²) in [5.41, 5.74) is 4.65. The summed E-state index contributed by atoms with van der Waals surface area (Å²) in [6.07, 6.45) is 0. The van der Waals surface area contributed by atoms with Gasteiger partial charge in [0, 0.05) is 22.3 Å². The van der Waals surface area contributed by atoms with Crippen molar-refractivity contribution in [2.24, 2.45) is 0 Å². The average molecular weight is 396 g/mol. The second-order valence-corrected chi connectivity index (χ2v) is 7.86. The quantitative estimate of drug-likeness (QED) is 0.296. The standard InChI is InChI=1S/C30H21N/c1-2-11-21(12-3-1)22-13-8-9-19-28(22)31-29-20-10-18-27-25-15-5-4-14-23(25)24-16-6-7-17-26(24)30(27)29/h1-20,31H. The van der Waals surface area contributed by atoms with E-state index in [4.69, 9.17) is 0 Å². The van der Waals surface area contributed by atoms with Gasteiger partial charge in [-0.3, -0.25) is 0 Å². The van der Waals surface area contributed by atoms with E-state index in [1.165, 1.54) is 43.4 Å². The molecular weight excluding hydrogens is 374 g/mol. The van der Waals surface area contributed by atoms with Crippen LogP contribution in [0.5, 0.6) is 0 Å². The van der Waals surface area contributed by atoms with E-state index >= 15 is 0 Å². The third kappa shape index (κ3) is 2.94. The molecule has 31 heavy (non-hydrogen) atoms. The molecule has 0 aliphatic rings. The van der Waals surface area contributed by atoms with Crippen molar-refractivity contribution in [2.45, 2.75) is 0 Å². The minimum Gasteiger partial charge on any atom is -0.354 e. The zero-order valence-corrected chi connectivity index (χ0v) is 17.0. The van der Waals surface area contributed by atoms with Crippen LogP contribution in [0.15, 0.2) is 121 Å². The van der Waals surface area contributed by atoms with Crippen LogP contribution in [0.25, 0.3) is 43.4 Å². The SMILES string of the molecule is c1ccc(-c2ccccc2Nc2cccc3c4ccccc4c4ccccc4c23)cc1. The summed E-state index contributed by atoms with van der Waals surface area (Å²) in [6.45, 7) is 0. The van der Waals surface area contributed by atoms with E-state index in [1.807, 2.05) is 0 Å². The van der Waals surface area contributed by atoms with Gasteiger partial charge in [-0.2, -0.15) is 0 Å². The fourth-order valence-corrected chi connectivity index (χ4v) is 4.67. The first-order valence-corrected chi connectivity index (χ1v) is 10.6. The molecule has 1 nitrogen and oxygen atoms in total. The van der Waals surface area contributed by atoms with E-state index in [0.717, 1.165) is 11.4 Å². The summed E-state index contributed by atoms with van der Waals surface area (Å²) < 4.78 is 0. The minimum atomic E-state index is 1.11. The number of nitrogens with one attached hydrogen (secondary N) is 1. The van der Waals surface area contributed by atoms with Crippen molar-refractivity contribution in [1.29, 1.82) is 0 Å². The molecule has 6 aromatic rings. The van der Waals surface area contributed by atoms with E-state index < -0.39 is 0 Å². The third-order valence-electron chi connectivity index (χ3n) is 6.05. The van der Waals surface area contributed by atoms with Gasteiger partial charge in [0.2, 0.25) is 0 Å². The summed E-state index contributed by atoms with van der Waals surface area (Å²) >= 11 is 0. The van der Waals surface area contributed by atoms with Crippen molar-refractivity contribution in [1.82, 2.24) is 0 Å². The van der Waals surface area contributed by atoms with E-state index in [0.29, 0.717) is 0 Å². The Bertz CT molecular complexity index is 1500. The molecule has 0 aliphatic carbocycles. The molecular formula is C30H21N.